The maximum Gasteiger partial charge on any atom is 0.408 e. The number of amides is 1. The SMILES string of the molecule is COC(=O)[C@H](Cc1ccc(Br)nc1)NC(=O)OC(C)(C)C. The molecule has 1 aromatic rings. The highest BCUT2D eigenvalue weighted by molar-refractivity contribution is 9.10. The molecule has 21 heavy (non-hydrogen) atoms. The summed E-state index contributed by atoms with van der Waals surface area (Å²) in [5.41, 5.74) is 0.161. The molecule has 0 bridgehead atoms. The average molecular weight is 359 g/mol. The Morgan fingerprint density at radius 3 is 2.52 bits per heavy atom. The second-order valence-corrected chi connectivity index (χ2v) is 6.23. The van der Waals surface area contributed by atoms with Crippen LogP contribution in [0.15, 0.2) is 22.9 Å². The monoisotopic (exact) mass is 358 g/mol. The summed E-state index contributed by atoms with van der Waals surface area (Å²) < 4.78 is 10.5. The number of carbonyl (C=O) groups excluding carboxylic acids is 2. The molecule has 116 valence electrons. The molecule has 0 saturated heterocycles. The second-order valence-electron chi connectivity index (χ2n) is 5.42. The van der Waals surface area contributed by atoms with E-state index in [-0.39, 0.29) is 6.42 Å². The van der Waals surface area contributed by atoms with E-state index in [4.69, 9.17) is 9.47 Å². The summed E-state index contributed by atoms with van der Waals surface area (Å²) in [7, 11) is 1.27. The first-order valence-electron chi connectivity index (χ1n) is 6.39. The fourth-order valence-electron chi connectivity index (χ4n) is 1.55. The fourth-order valence-corrected chi connectivity index (χ4v) is 1.78. The molecule has 0 saturated carbocycles. The topological polar surface area (TPSA) is 77.5 Å². The van der Waals surface area contributed by atoms with Crippen LogP contribution in [0.2, 0.25) is 0 Å². The average Bonchev–Trinajstić information content (AvgIpc) is 2.37. The van der Waals surface area contributed by atoms with E-state index in [9.17, 15) is 9.59 Å². The molecule has 0 unspecified atom stereocenters. The third-order valence-electron chi connectivity index (χ3n) is 2.41. The molecule has 0 aliphatic heterocycles. The molecule has 0 aliphatic rings. The van der Waals surface area contributed by atoms with Gasteiger partial charge in [-0.2, -0.15) is 0 Å². The number of alkyl carbamates (subject to hydrolysis) is 1. The number of hydrogen-bond acceptors (Lipinski definition) is 5. The minimum atomic E-state index is -0.826. The molecule has 7 heteroatoms. The molecule has 0 fully saturated rings. The van der Waals surface area contributed by atoms with E-state index < -0.39 is 23.7 Å². The van der Waals surface area contributed by atoms with Crippen molar-refractivity contribution < 1.29 is 19.1 Å². The molecule has 0 spiro atoms. The lowest BCUT2D eigenvalue weighted by atomic mass is 10.1. The Bertz CT molecular complexity index is 497. The van der Waals surface area contributed by atoms with Crippen LogP contribution in [-0.2, 0) is 20.7 Å². The molecule has 1 rings (SSSR count). The van der Waals surface area contributed by atoms with Gasteiger partial charge in [0, 0.05) is 12.6 Å². The van der Waals surface area contributed by atoms with E-state index in [0.717, 1.165) is 5.56 Å². The lowest BCUT2D eigenvalue weighted by Crippen LogP contribution is -2.45. The minimum absolute atomic E-state index is 0.270. The van der Waals surface area contributed by atoms with Gasteiger partial charge in [0.2, 0.25) is 0 Å². The number of nitrogens with one attached hydrogen (secondary N) is 1. The summed E-state index contributed by atoms with van der Waals surface area (Å²) in [6, 6.07) is 2.74. The van der Waals surface area contributed by atoms with Gasteiger partial charge in [0.15, 0.2) is 0 Å². The standard InChI is InChI=1S/C14H19BrN2O4/c1-14(2,3)21-13(19)17-10(12(18)20-4)7-9-5-6-11(15)16-8-9/h5-6,8,10H,7H2,1-4H3,(H,17,19)/t10-/m0/s1. The van der Waals surface area contributed by atoms with Crippen LogP contribution >= 0.6 is 15.9 Å². The van der Waals surface area contributed by atoms with Gasteiger partial charge in [-0.05, 0) is 48.3 Å². The van der Waals surface area contributed by atoms with Crippen molar-refractivity contribution >= 4 is 28.0 Å². The molecular formula is C14H19BrN2O4. The number of methoxy groups -OCH3 is 1. The Labute approximate surface area is 132 Å². The molecule has 0 aromatic carbocycles. The smallest absolute Gasteiger partial charge is 0.408 e. The van der Waals surface area contributed by atoms with E-state index in [0.29, 0.717) is 4.60 Å². The zero-order valence-corrected chi connectivity index (χ0v) is 14.1. The highest BCUT2D eigenvalue weighted by Gasteiger charge is 2.25. The van der Waals surface area contributed by atoms with Crippen molar-refractivity contribution in [2.75, 3.05) is 7.11 Å². The first-order valence-corrected chi connectivity index (χ1v) is 7.18. The molecule has 6 nitrogen and oxygen atoms in total. The Hall–Kier alpha value is -1.63. The summed E-state index contributed by atoms with van der Waals surface area (Å²) in [6.07, 6.45) is 1.23. The zero-order chi connectivity index (χ0) is 16.0. The van der Waals surface area contributed by atoms with Crippen LogP contribution < -0.4 is 5.32 Å². The van der Waals surface area contributed by atoms with Gasteiger partial charge in [0.05, 0.1) is 7.11 Å². The summed E-state index contributed by atoms with van der Waals surface area (Å²) >= 11 is 3.24. The van der Waals surface area contributed by atoms with Crippen LogP contribution in [0.5, 0.6) is 0 Å². The molecule has 1 amide bonds. The summed E-state index contributed by atoms with van der Waals surface area (Å²) in [4.78, 5) is 27.6. The van der Waals surface area contributed by atoms with Crippen LogP contribution in [0.4, 0.5) is 4.79 Å². The number of aromatic nitrogens is 1. The highest BCUT2D eigenvalue weighted by Crippen LogP contribution is 2.10. The van der Waals surface area contributed by atoms with Crippen molar-refractivity contribution in [1.82, 2.24) is 10.3 Å². The van der Waals surface area contributed by atoms with Crippen LogP contribution in [0.1, 0.15) is 26.3 Å². The van der Waals surface area contributed by atoms with E-state index in [1.54, 1.807) is 33.0 Å². The molecule has 0 radical (unpaired) electrons. The molecule has 1 heterocycles. The molecule has 1 aromatic heterocycles. The van der Waals surface area contributed by atoms with Crippen molar-refractivity contribution in [2.45, 2.75) is 38.8 Å². The van der Waals surface area contributed by atoms with Gasteiger partial charge in [0.1, 0.15) is 16.2 Å². The fraction of sp³-hybridized carbons (Fsp3) is 0.500. The van der Waals surface area contributed by atoms with Crippen molar-refractivity contribution in [3.8, 4) is 0 Å². The molecule has 1 N–H and O–H groups in total. The molecule has 1 atom stereocenters. The number of halogens is 1. The first kappa shape index (κ1) is 17.4. The van der Waals surface area contributed by atoms with Crippen molar-refractivity contribution in [3.05, 3.63) is 28.5 Å². The number of esters is 1. The normalized spacial score (nSPS) is 12.4. The molecular weight excluding hydrogens is 340 g/mol. The predicted octanol–water partition coefficient (Wildman–Crippen LogP) is 2.45. The second kappa shape index (κ2) is 7.40. The van der Waals surface area contributed by atoms with Gasteiger partial charge < -0.3 is 14.8 Å². The third kappa shape index (κ3) is 6.57. The summed E-state index contributed by atoms with van der Waals surface area (Å²) in [5.74, 6) is -0.538. The van der Waals surface area contributed by atoms with E-state index in [2.05, 4.69) is 26.2 Å². The van der Waals surface area contributed by atoms with Gasteiger partial charge in [0.25, 0.3) is 0 Å². The quantitative estimate of drug-likeness (QED) is 0.660. The summed E-state index contributed by atoms with van der Waals surface area (Å²) in [5, 5.41) is 2.51. The third-order valence-corrected chi connectivity index (χ3v) is 2.87. The Balaban J connectivity index is 2.74. The Kier molecular flexibility index (Phi) is 6.14. The van der Waals surface area contributed by atoms with E-state index in [1.807, 2.05) is 6.07 Å². The van der Waals surface area contributed by atoms with Crippen LogP contribution in [0, 0.1) is 0 Å². The van der Waals surface area contributed by atoms with Crippen molar-refractivity contribution in [2.24, 2.45) is 0 Å². The maximum atomic E-state index is 11.8. The van der Waals surface area contributed by atoms with Gasteiger partial charge in [-0.1, -0.05) is 6.07 Å². The van der Waals surface area contributed by atoms with Gasteiger partial charge >= 0.3 is 12.1 Å². The molecule has 0 aliphatic carbocycles. The lowest BCUT2D eigenvalue weighted by Gasteiger charge is -2.22. The van der Waals surface area contributed by atoms with Crippen LogP contribution in [0.25, 0.3) is 0 Å². The highest BCUT2D eigenvalue weighted by atomic mass is 79.9. The Morgan fingerprint density at radius 1 is 1.38 bits per heavy atom. The number of carbonyl (C=O) groups is 2. The minimum Gasteiger partial charge on any atom is -0.467 e. The zero-order valence-electron chi connectivity index (χ0n) is 12.5. The van der Waals surface area contributed by atoms with E-state index in [1.165, 1.54) is 7.11 Å². The number of ether oxygens (including phenoxy) is 2. The van der Waals surface area contributed by atoms with Crippen molar-refractivity contribution in [3.63, 3.8) is 0 Å². The largest absolute Gasteiger partial charge is 0.467 e. The lowest BCUT2D eigenvalue weighted by molar-refractivity contribution is -0.143. The van der Waals surface area contributed by atoms with Crippen molar-refractivity contribution in [1.29, 1.82) is 0 Å². The number of rotatable bonds is 4. The summed E-state index contributed by atoms with van der Waals surface area (Å²) in [6.45, 7) is 5.25. The number of hydrogen-bond donors (Lipinski definition) is 1. The van der Waals surface area contributed by atoms with Crippen LogP contribution in [0.3, 0.4) is 0 Å². The van der Waals surface area contributed by atoms with Gasteiger partial charge in [-0.15, -0.1) is 0 Å². The first-order chi connectivity index (χ1) is 9.71. The van der Waals surface area contributed by atoms with Gasteiger partial charge in [-0.3, -0.25) is 0 Å². The predicted molar refractivity (Wildman–Crippen MR) is 80.8 cm³/mol. The van der Waals surface area contributed by atoms with Gasteiger partial charge in [-0.25, -0.2) is 14.6 Å². The van der Waals surface area contributed by atoms with Crippen LogP contribution in [-0.4, -0.2) is 35.8 Å². The Morgan fingerprint density at radius 2 is 2.05 bits per heavy atom. The van der Waals surface area contributed by atoms with E-state index >= 15 is 0 Å². The number of pyridine rings is 1. The number of nitrogens with zero attached hydrogens (tertiary/aromatic N) is 1. The maximum absolute atomic E-state index is 11.8.